The van der Waals surface area contributed by atoms with Gasteiger partial charge in [0.2, 0.25) is 0 Å². The molecule has 1 atom stereocenters. The Hall–Kier alpha value is -1.55. The van der Waals surface area contributed by atoms with Gasteiger partial charge in [-0.1, -0.05) is 6.92 Å². The van der Waals surface area contributed by atoms with Crippen LogP contribution in [-0.4, -0.2) is 16.3 Å². The van der Waals surface area contributed by atoms with Crippen molar-refractivity contribution >= 4 is 0 Å². The summed E-state index contributed by atoms with van der Waals surface area (Å²) in [5, 5.41) is 7.77. The van der Waals surface area contributed by atoms with Gasteiger partial charge in [-0.2, -0.15) is 5.10 Å². The summed E-state index contributed by atoms with van der Waals surface area (Å²) in [7, 11) is 1.94. The first-order valence-electron chi connectivity index (χ1n) is 6.33. The molecule has 0 radical (unpaired) electrons. The minimum absolute atomic E-state index is 0.154. The van der Waals surface area contributed by atoms with Gasteiger partial charge in [0.05, 0.1) is 12.2 Å². The quantitative estimate of drug-likeness (QED) is 0.903. The number of aryl methyl sites for hydroxylation is 3. The lowest BCUT2D eigenvalue weighted by Crippen LogP contribution is -2.22. The van der Waals surface area contributed by atoms with Crippen LogP contribution in [0.25, 0.3) is 0 Å². The van der Waals surface area contributed by atoms with Gasteiger partial charge >= 0.3 is 0 Å². The maximum atomic E-state index is 5.73. The Morgan fingerprint density at radius 1 is 1.33 bits per heavy atom. The van der Waals surface area contributed by atoms with E-state index in [4.69, 9.17) is 4.42 Å². The van der Waals surface area contributed by atoms with Crippen molar-refractivity contribution in [3.05, 3.63) is 40.6 Å². The first-order chi connectivity index (χ1) is 8.54. The number of aromatic nitrogens is 2. The fourth-order valence-electron chi connectivity index (χ4n) is 2.41. The van der Waals surface area contributed by atoms with Crippen molar-refractivity contribution in [2.24, 2.45) is 7.05 Å². The Bertz CT molecular complexity index is 539. The van der Waals surface area contributed by atoms with Gasteiger partial charge < -0.3 is 9.73 Å². The Morgan fingerprint density at radius 2 is 2.06 bits per heavy atom. The minimum atomic E-state index is 0.154. The SMILES string of the molecule is CCNC(c1cnn(C)c1)c1c(C)oc(C)c1C. The van der Waals surface area contributed by atoms with Crippen LogP contribution in [0, 0.1) is 20.8 Å². The number of rotatable bonds is 4. The fourth-order valence-corrected chi connectivity index (χ4v) is 2.41. The number of nitrogens with one attached hydrogen (secondary N) is 1. The van der Waals surface area contributed by atoms with Crippen LogP contribution in [0.3, 0.4) is 0 Å². The van der Waals surface area contributed by atoms with E-state index in [9.17, 15) is 0 Å². The highest BCUT2D eigenvalue weighted by Gasteiger charge is 2.22. The van der Waals surface area contributed by atoms with Crippen molar-refractivity contribution in [1.29, 1.82) is 0 Å². The maximum absolute atomic E-state index is 5.73. The van der Waals surface area contributed by atoms with Gasteiger partial charge in [0, 0.05) is 24.4 Å². The largest absolute Gasteiger partial charge is 0.466 e. The summed E-state index contributed by atoms with van der Waals surface area (Å²) in [6.07, 6.45) is 3.96. The van der Waals surface area contributed by atoms with Crippen LogP contribution in [0.1, 0.15) is 41.2 Å². The smallest absolute Gasteiger partial charge is 0.106 e. The van der Waals surface area contributed by atoms with E-state index in [-0.39, 0.29) is 6.04 Å². The van der Waals surface area contributed by atoms with Crippen molar-refractivity contribution < 1.29 is 4.42 Å². The van der Waals surface area contributed by atoms with Gasteiger partial charge in [-0.3, -0.25) is 4.68 Å². The van der Waals surface area contributed by atoms with E-state index in [1.807, 2.05) is 31.8 Å². The molecule has 0 aliphatic heterocycles. The molecule has 0 saturated carbocycles. The van der Waals surface area contributed by atoms with Gasteiger partial charge in [-0.25, -0.2) is 0 Å². The summed E-state index contributed by atoms with van der Waals surface area (Å²) >= 11 is 0. The lowest BCUT2D eigenvalue weighted by molar-refractivity contribution is 0.494. The predicted octanol–water partition coefficient (Wildman–Crippen LogP) is 2.64. The van der Waals surface area contributed by atoms with Crippen molar-refractivity contribution in [1.82, 2.24) is 15.1 Å². The van der Waals surface area contributed by atoms with Crippen LogP contribution in [0.4, 0.5) is 0 Å². The summed E-state index contributed by atoms with van der Waals surface area (Å²) in [5.41, 5.74) is 3.64. The molecule has 4 heteroatoms. The molecule has 0 fully saturated rings. The highest BCUT2D eigenvalue weighted by atomic mass is 16.3. The summed E-state index contributed by atoms with van der Waals surface area (Å²) in [5.74, 6) is 1.98. The Kier molecular flexibility index (Phi) is 3.57. The molecule has 2 aromatic heterocycles. The molecule has 0 aliphatic rings. The molecule has 2 heterocycles. The second kappa shape index (κ2) is 4.98. The monoisotopic (exact) mass is 247 g/mol. The first-order valence-corrected chi connectivity index (χ1v) is 6.33. The van der Waals surface area contributed by atoms with Crippen molar-refractivity contribution in [3.8, 4) is 0 Å². The van der Waals surface area contributed by atoms with Crippen molar-refractivity contribution in [2.75, 3.05) is 6.54 Å². The van der Waals surface area contributed by atoms with Crippen LogP contribution < -0.4 is 5.32 Å². The number of nitrogens with zero attached hydrogens (tertiary/aromatic N) is 2. The molecule has 18 heavy (non-hydrogen) atoms. The van der Waals surface area contributed by atoms with Crippen molar-refractivity contribution in [2.45, 2.75) is 33.7 Å². The maximum Gasteiger partial charge on any atom is 0.106 e. The number of hydrogen-bond acceptors (Lipinski definition) is 3. The topological polar surface area (TPSA) is 43.0 Å². The normalized spacial score (nSPS) is 12.9. The fraction of sp³-hybridized carbons (Fsp3) is 0.500. The van der Waals surface area contributed by atoms with Crippen molar-refractivity contribution in [3.63, 3.8) is 0 Å². The van der Waals surface area contributed by atoms with Gasteiger partial charge in [-0.05, 0) is 32.9 Å². The summed E-state index contributed by atoms with van der Waals surface area (Å²) in [6, 6.07) is 0.154. The zero-order valence-corrected chi connectivity index (χ0v) is 11.7. The molecule has 98 valence electrons. The van der Waals surface area contributed by atoms with Crippen LogP contribution in [0.15, 0.2) is 16.8 Å². The van der Waals surface area contributed by atoms with E-state index in [0.29, 0.717) is 0 Å². The summed E-state index contributed by atoms with van der Waals surface area (Å²) < 4.78 is 7.56. The Labute approximate surface area is 108 Å². The second-order valence-electron chi connectivity index (χ2n) is 4.69. The third kappa shape index (κ3) is 2.20. The Balaban J connectivity index is 2.47. The van der Waals surface area contributed by atoms with E-state index >= 15 is 0 Å². The van der Waals surface area contributed by atoms with Crippen LogP contribution >= 0.6 is 0 Å². The van der Waals surface area contributed by atoms with E-state index in [2.05, 4.69) is 30.5 Å². The molecule has 4 nitrogen and oxygen atoms in total. The number of furan rings is 1. The summed E-state index contributed by atoms with van der Waals surface area (Å²) in [6.45, 7) is 9.17. The van der Waals surface area contributed by atoms with E-state index in [1.54, 1.807) is 0 Å². The zero-order chi connectivity index (χ0) is 13.3. The Morgan fingerprint density at radius 3 is 2.50 bits per heavy atom. The van der Waals surface area contributed by atoms with Crippen LogP contribution in [-0.2, 0) is 7.05 Å². The van der Waals surface area contributed by atoms with Crippen LogP contribution in [0.5, 0.6) is 0 Å². The average molecular weight is 247 g/mol. The van der Waals surface area contributed by atoms with Crippen LogP contribution in [0.2, 0.25) is 0 Å². The molecule has 1 unspecified atom stereocenters. The third-order valence-corrected chi connectivity index (χ3v) is 3.37. The molecule has 0 aliphatic carbocycles. The first kappa shape index (κ1) is 12.9. The minimum Gasteiger partial charge on any atom is -0.466 e. The second-order valence-corrected chi connectivity index (χ2v) is 4.69. The molecule has 0 amide bonds. The molecular weight excluding hydrogens is 226 g/mol. The van der Waals surface area contributed by atoms with E-state index in [1.165, 1.54) is 16.7 Å². The van der Waals surface area contributed by atoms with E-state index in [0.717, 1.165) is 18.1 Å². The number of hydrogen-bond donors (Lipinski definition) is 1. The third-order valence-electron chi connectivity index (χ3n) is 3.37. The molecule has 0 spiro atoms. The lowest BCUT2D eigenvalue weighted by atomic mass is 9.97. The molecule has 1 N–H and O–H groups in total. The molecule has 2 aromatic rings. The molecule has 2 rings (SSSR count). The average Bonchev–Trinajstić information content (AvgIpc) is 2.83. The molecule has 0 saturated heterocycles. The zero-order valence-electron chi connectivity index (χ0n) is 11.7. The molecule has 0 bridgehead atoms. The highest BCUT2D eigenvalue weighted by Crippen LogP contribution is 2.31. The highest BCUT2D eigenvalue weighted by molar-refractivity contribution is 5.39. The van der Waals surface area contributed by atoms with E-state index < -0.39 is 0 Å². The van der Waals surface area contributed by atoms with Gasteiger partial charge in [0.1, 0.15) is 11.5 Å². The van der Waals surface area contributed by atoms with Gasteiger partial charge in [-0.15, -0.1) is 0 Å². The van der Waals surface area contributed by atoms with Gasteiger partial charge in [0.25, 0.3) is 0 Å². The molecule has 0 aromatic carbocycles. The standard InChI is InChI=1S/C14H21N3O/c1-6-15-14(12-7-16-17(5)8-12)13-9(2)10(3)18-11(13)4/h7-8,14-15H,6H2,1-5H3. The summed E-state index contributed by atoms with van der Waals surface area (Å²) in [4.78, 5) is 0. The molecular formula is C14H21N3O. The predicted molar refractivity (Wildman–Crippen MR) is 71.6 cm³/mol. The van der Waals surface area contributed by atoms with Gasteiger partial charge in [0.15, 0.2) is 0 Å². The lowest BCUT2D eigenvalue weighted by Gasteiger charge is -2.17.